The van der Waals surface area contributed by atoms with Crippen molar-refractivity contribution in [2.45, 2.75) is 19.9 Å². The number of halogens is 1. The highest BCUT2D eigenvalue weighted by atomic mass is 127. The summed E-state index contributed by atoms with van der Waals surface area (Å²) in [7, 11) is 0. The summed E-state index contributed by atoms with van der Waals surface area (Å²) in [5, 5.41) is 3.37. The normalized spacial score (nSPS) is 10.4. The van der Waals surface area contributed by atoms with Crippen molar-refractivity contribution in [1.82, 2.24) is 10.3 Å². The van der Waals surface area contributed by atoms with E-state index in [1.807, 2.05) is 36.5 Å². The molecule has 0 bridgehead atoms. The van der Waals surface area contributed by atoms with Gasteiger partial charge in [-0.1, -0.05) is 13.0 Å². The van der Waals surface area contributed by atoms with Crippen LogP contribution in [0.3, 0.4) is 0 Å². The van der Waals surface area contributed by atoms with Crippen LogP contribution in [0.2, 0.25) is 0 Å². The standard InChI is InChI=1S/C15H17IN2O/c1-2-7-17-10-12-11-18-8-6-15(12)19-14-5-3-4-13(16)9-14/h3-6,8-9,11,17H,2,7,10H2,1H3. The molecular formula is C15H17IN2O. The highest BCUT2D eigenvalue weighted by molar-refractivity contribution is 14.1. The largest absolute Gasteiger partial charge is 0.457 e. The van der Waals surface area contributed by atoms with Gasteiger partial charge in [-0.2, -0.15) is 0 Å². The summed E-state index contributed by atoms with van der Waals surface area (Å²) < 4.78 is 7.10. The summed E-state index contributed by atoms with van der Waals surface area (Å²) in [6.45, 7) is 3.93. The number of nitrogens with one attached hydrogen (secondary N) is 1. The molecule has 0 aliphatic heterocycles. The Hall–Kier alpha value is -1.14. The zero-order valence-electron chi connectivity index (χ0n) is 10.9. The molecule has 100 valence electrons. The fourth-order valence-corrected chi connectivity index (χ4v) is 2.22. The molecule has 2 aromatic rings. The average Bonchev–Trinajstić information content (AvgIpc) is 2.41. The lowest BCUT2D eigenvalue weighted by Gasteiger charge is -2.11. The smallest absolute Gasteiger partial charge is 0.134 e. The van der Waals surface area contributed by atoms with Crippen molar-refractivity contribution in [1.29, 1.82) is 0 Å². The Morgan fingerprint density at radius 2 is 2.21 bits per heavy atom. The van der Waals surface area contributed by atoms with Gasteiger partial charge in [0.25, 0.3) is 0 Å². The van der Waals surface area contributed by atoms with Crippen LogP contribution in [-0.2, 0) is 6.54 Å². The number of ether oxygens (including phenoxy) is 1. The summed E-state index contributed by atoms with van der Waals surface area (Å²) in [6.07, 6.45) is 4.73. The molecule has 1 aromatic heterocycles. The summed E-state index contributed by atoms with van der Waals surface area (Å²) in [4.78, 5) is 4.16. The molecule has 0 aliphatic rings. The number of hydrogen-bond donors (Lipinski definition) is 1. The highest BCUT2D eigenvalue weighted by Crippen LogP contribution is 2.25. The lowest BCUT2D eigenvalue weighted by Crippen LogP contribution is -2.14. The van der Waals surface area contributed by atoms with Gasteiger partial charge in [0.2, 0.25) is 0 Å². The topological polar surface area (TPSA) is 34.2 Å². The SMILES string of the molecule is CCCNCc1cnccc1Oc1cccc(I)c1. The molecule has 1 N–H and O–H groups in total. The van der Waals surface area contributed by atoms with Crippen molar-refractivity contribution in [2.24, 2.45) is 0 Å². The molecule has 0 unspecified atom stereocenters. The van der Waals surface area contributed by atoms with Crippen LogP contribution in [0.5, 0.6) is 11.5 Å². The van der Waals surface area contributed by atoms with E-state index in [9.17, 15) is 0 Å². The molecule has 0 aliphatic carbocycles. The minimum Gasteiger partial charge on any atom is -0.457 e. The van der Waals surface area contributed by atoms with E-state index < -0.39 is 0 Å². The monoisotopic (exact) mass is 368 g/mol. The quantitative estimate of drug-likeness (QED) is 0.619. The number of nitrogens with zero attached hydrogens (tertiary/aromatic N) is 1. The molecule has 0 saturated carbocycles. The summed E-state index contributed by atoms with van der Waals surface area (Å²) in [6, 6.07) is 9.93. The Morgan fingerprint density at radius 3 is 3.00 bits per heavy atom. The Labute approximate surface area is 127 Å². The molecule has 0 radical (unpaired) electrons. The van der Waals surface area contributed by atoms with Gasteiger partial charge >= 0.3 is 0 Å². The third-order valence-corrected chi connectivity index (χ3v) is 3.30. The van der Waals surface area contributed by atoms with Gasteiger partial charge in [-0.25, -0.2) is 0 Å². The minimum absolute atomic E-state index is 0.779. The third-order valence-electron chi connectivity index (χ3n) is 2.62. The number of rotatable bonds is 6. The molecular weight excluding hydrogens is 351 g/mol. The number of hydrogen-bond acceptors (Lipinski definition) is 3. The minimum atomic E-state index is 0.779. The number of benzene rings is 1. The van der Waals surface area contributed by atoms with Crippen molar-refractivity contribution in [2.75, 3.05) is 6.54 Å². The first-order chi connectivity index (χ1) is 9.29. The van der Waals surface area contributed by atoms with E-state index in [0.29, 0.717) is 0 Å². The summed E-state index contributed by atoms with van der Waals surface area (Å²) >= 11 is 2.28. The number of pyridine rings is 1. The van der Waals surface area contributed by atoms with Crippen LogP contribution in [0, 0.1) is 3.57 Å². The van der Waals surface area contributed by atoms with Crippen molar-refractivity contribution >= 4 is 22.6 Å². The van der Waals surface area contributed by atoms with Gasteiger partial charge in [0, 0.05) is 28.1 Å². The van der Waals surface area contributed by atoms with Gasteiger partial charge in [0.05, 0.1) is 0 Å². The van der Waals surface area contributed by atoms with Crippen molar-refractivity contribution < 1.29 is 4.74 Å². The van der Waals surface area contributed by atoms with Crippen LogP contribution in [0.1, 0.15) is 18.9 Å². The lowest BCUT2D eigenvalue weighted by molar-refractivity contribution is 0.471. The Balaban J connectivity index is 2.11. The molecule has 4 heteroatoms. The number of aromatic nitrogens is 1. The molecule has 0 atom stereocenters. The molecule has 19 heavy (non-hydrogen) atoms. The predicted octanol–water partition coefficient (Wildman–Crippen LogP) is 3.98. The fraction of sp³-hybridized carbons (Fsp3) is 0.267. The third kappa shape index (κ3) is 4.47. The van der Waals surface area contributed by atoms with Gasteiger partial charge in [-0.05, 0) is 59.8 Å². The predicted molar refractivity (Wildman–Crippen MR) is 85.5 cm³/mol. The molecule has 0 spiro atoms. The second-order valence-corrected chi connectivity index (χ2v) is 5.47. The molecule has 0 saturated heterocycles. The van der Waals surface area contributed by atoms with Gasteiger partial charge in [-0.3, -0.25) is 4.98 Å². The maximum Gasteiger partial charge on any atom is 0.134 e. The molecule has 1 aromatic carbocycles. The van der Waals surface area contributed by atoms with E-state index in [-0.39, 0.29) is 0 Å². The van der Waals surface area contributed by atoms with E-state index in [1.54, 1.807) is 6.20 Å². The van der Waals surface area contributed by atoms with Crippen molar-refractivity contribution in [3.8, 4) is 11.5 Å². The van der Waals surface area contributed by atoms with Crippen LogP contribution in [0.25, 0.3) is 0 Å². The van der Waals surface area contributed by atoms with Crippen LogP contribution < -0.4 is 10.1 Å². The van der Waals surface area contributed by atoms with Crippen LogP contribution >= 0.6 is 22.6 Å². The second kappa shape index (κ2) is 7.45. The van der Waals surface area contributed by atoms with E-state index in [0.717, 1.165) is 40.1 Å². The van der Waals surface area contributed by atoms with Gasteiger partial charge < -0.3 is 10.1 Å². The molecule has 0 amide bonds. The Morgan fingerprint density at radius 1 is 1.32 bits per heavy atom. The highest BCUT2D eigenvalue weighted by Gasteiger charge is 2.05. The summed E-state index contributed by atoms with van der Waals surface area (Å²) in [5.74, 6) is 1.72. The molecule has 0 fully saturated rings. The first-order valence-electron chi connectivity index (χ1n) is 6.36. The lowest BCUT2D eigenvalue weighted by atomic mass is 10.2. The van der Waals surface area contributed by atoms with Gasteiger partial charge in [0.1, 0.15) is 11.5 Å². The van der Waals surface area contributed by atoms with E-state index in [1.165, 1.54) is 0 Å². The van der Waals surface area contributed by atoms with Crippen molar-refractivity contribution in [3.63, 3.8) is 0 Å². The van der Waals surface area contributed by atoms with E-state index in [2.05, 4.69) is 39.8 Å². The molecule has 3 nitrogen and oxygen atoms in total. The van der Waals surface area contributed by atoms with Crippen LogP contribution in [0.15, 0.2) is 42.7 Å². The van der Waals surface area contributed by atoms with Crippen LogP contribution in [-0.4, -0.2) is 11.5 Å². The van der Waals surface area contributed by atoms with Gasteiger partial charge in [-0.15, -0.1) is 0 Å². The fourth-order valence-electron chi connectivity index (χ4n) is 1.70. The average molecular weight is 368 g/mol. The zero-order chi connectivity index (χ0) is 13.5. The van der Waals surface area contributed by atoms with Gasteiger partial charge in [0.15, 0.2) is 0 Å². The second-order valence-electron chi connectivity index (χ2n) is 4.22. The molecule has 1 heterocycles. The first kappa shape index (κ1) is 14.3. The maximum atomic E-state index is 5.94. The zero-order valence-corrected chi connectivity index (χ0v) is 13.1. The van der Waals surface area contributed by atoms with E-state index in [4.69, 9.17) is 4.74 Å². The Bertz CT molecular complexity index is 531. The summed E-state index contributed by atoms with van der Waals surface area (Å²) in [5.41, 5.74) is 1.08. The van der Waals surface area contributed by atoms with Crippen molar-refractivity contribution in [3.05, 3.63) is 51.9 Å². The molecule has 2 rings (SSSR count). The maximum absolute atomic E-state index is 5.94. The van der Waals surface area contributed by atoms with Crippen LogP contribution in [0.4, 0.5) is 0 Å². The van der Waals surface area contributed by atoms with E-state index >= 15 is 0 Å². The first-order valence-corrected chi connectivity index (χ1v) is 7.44. The Kier molecular flexibility index (Phi) is 5.60.